The average Bonchev–Trinajstić information content (AvgIpc) is 3.12. The third kappa shape index (κ3) is 4.62. The first-order valence-corrected chi connectivity index (χ1v) is 9.74. The highest BCUT2D eigenvalue weighted by Gasteiger charge is 2.20. The highest BCUT2D eigenvalue weighted by atomic mass is 15.0. The number of nitrogens with zero attached hydrogens (tertiary/aromatic N) is 2. The Morgan fingerprint density at radius 3 is 2.63 bits per heavy atom. The van der Waals surface area contributed by atoms with Gasteiger partial charge in [0.05, 0.1) is 11.7 Å². The van der Waals surface area contributed by atoms with Crippen LogP contribution in [-0.2, 0) is 26.1 Å². The van der Waals surface area contributed by atoms with Gasteiger partial charge in [-0.2, -0.15) is 0 Å². The Morgan fingerprint density at radius 2 is 1.85 bits per heavy atom. The second-order valence-electron chi connectivity index (χ2n) is 7.29. The fourth-order valence-electron chi connectivity index (χ4n) is 3.73. The molecule has 0 aliphatic heterocycles. The van der Waals surface area contributed by atoms with E-state index in [-0.39, 0.29) is 0 Å². The minimum Gasteiger partial charge on any atom is -0.345 e. The van der Waals surface area contributed by atoms with Crippen molar-refractivity contribution in [3.63, 3.8) is 0 Å². The van der Waals surface area contributed by atoms with E-state index in [1.54, 1.807) is 0 Å². The monoisotopic (exact) mass is 361 g/mol. The second kappa shape index (κ2) is 8.46. The quantitative estimate of drug-likeness (QED) is 0.602. The summed E-state index contributed by atoms with van der Waals surface area (Å²) in [4.78, 5) is 12.1. The smallest absolute Gasteiger partial charge is 0.103 e. The van der Waals surface area contributed by atoms with Crippen molar-refractivity contribution in [2.24, 2.45) is 0 Å². The molecule has 0 spiro atoms. The molecule has 27 heavy (non-hydrogen) atoms. The predicted molar refractivity (Wildman–Crippen MR) is 107 cm³/mol. The molecule has 0 radical (unpaired) electrons. The molecule has 1 unspecified atom stereocenters. The summed E-state index contributed by atoms with van der Waals surface area (Å²) in [6.07, 6.45) is 7.34. The van der Waals surface area contributed by atoms with Crippen molar-refractivity contribution >= 4 is 0 Å². The maximum absolute atomic E-state index is 4.61. The van der Waals surface area contributed by atoms with Gasteiger partial charge in [-0.25, -0.2) is 4.98 Å². The zero-order valence-electron chi connectivity index (χ0n) is 15.8. The molecule has 1 aliphatic rings. The number of hydrogen-bond acceptors (Lipinski definition) is 4. The van der Waals surface area contributed by atoms with Gasteiger partial charge in [-0.15, -0.1) is 0 Å². The number of rotatable bonds is 7. The summed E-state index contributed by atoms with van der Waals surface area (Å²) in [7, 11) is 0. The fraction of sp³-hybridized carbons (Fsp3) is 0.364. The topological polar surface area (TPSA) is 65.6 Å². The number of hydrogen-bond donors (Lipinski definition) is 3. The predicted octanol–water partition coefficient (Wildman–Crippen LogP) is 3.57. The number of aryl methyl sites for hydroxylation is 2. The van der Waals surface area contributed by atoms with E-state index in [1.165, 1.54) is 35.2 Å². The lowest BCUT2D eigenvalue weighted by Crippen LogP contribution is -2.25. The lowest BCUT2D eigenvalue weighted by atomic mass is 9.92. The van der Waals surface area contributed by atoms with Crippen LogP contribution in [0.5, 0.6) is 0 Å². The third-order valence-electron chi connectivity index (χ3n) is 5.17. The number of aromatic amines is 1. The molecule has 1 aromatic carbocycles. The van der Waals surface area contributed by atoms with Crippen molar-refractivity contribution in [3.05, 3.63) is 82.7 Å². The summed E-state index contributed by atoms with van der Waals surface area (Å²) in [6.45, 7) is 4.50. The lowest BCUT2D eigenvalue weighted by Gasteiger charge is -2.25. The van der Waals surface area contributed by atoms with Crippen molar-refractivity contribution in [1.82, 2.24) is 25.6 Å². The van der Waals surface area contributed by atoms with Gasteiger partial charge < -0.3 is 15.6 Å². The minimum absolute atomic E-state index is 0.370. The molecule has 0 amide bonds. The molecule has 0 saturated carbocycles. The van der Waals surface area contributed by atoms with Gasteiger partial charge in [-0.05, 0) is 48.9 Å². The van der Waals surface area contributed by atoms with E-state index in [9.17, 15) is 0 Å². The van der Waals surface area contributed by atoms with Gasteiger partial charge >= 0.3 is 0 Å². The van der Waals surface area contributed by atoms with Gasteiger partial charge in [-0.1, -0.05) is 30.3 Å². The normalized spacial score (nSPS) is 16.3. The van der Waals surface area contributed by atoms with Crippen LogP contribution in [0.1, 0.15) is 52.8 Å². The molecule has 0 fully saturated rings. The van der Waals surface area contributed by atoms with E-state index < -0.39 is 0 Å². The molecule has 5 heteroatoms. The minimum atomic E-state index is 0.370. The SMILES string of the molecule is Cc1ncc(CNCc2ccc(CNC3CCCc4cccnc43)cc2)[nH]1. The van der Waals surface area contributed by atoms with E-state index >= 15 is 0 Å². The zero-order chi connectivity index (χ0) is 18.5. The first-order valence-electron chi connectivity index (χ1n) is 9.74. The summed E-state index contributed by atoms with van der Waals surface area (Å²) in [6, 6.07) is 13.5. The fourth-order valence-corrected chi connectivity index (χ4v) is 3.73. The Kier molecular flexibility index (Phi) is 5.61. The Morgan fingerprint density at radius 1 is 1.04 bits per heavy atom. The molecule has 0 bridgehead atoms. The van der Waals surface area contributed by atoms with Crippen molar-refractivity contribution in [2.75, 3.05) is 0 Å². The molecular weight excluding hydrogens is 334 g/mol. The Hall–Kier alpha value is -2.50. The number of H-pyrrole nitrogens is 1. The Bertz CT molecular complexity index is 868. The van der Waals surface area contributed by atoms with Crippen LogP contribution in [0.2, 0.25) is 0 Å². The van der Waals surface area contributed by atoms with Gasteiger partial charge in [0.1, 0.15) is 5.82 Å². The highest BCUT2D eigenvalue weighted by Crippen LogP contribution is 2.27. The number of aromatic nitrogens is 3. The molecule has 5 nitrogen and oxygen atoms in total. The standard InChI is InChI=1S/C22H27N5/c1-16-25-15-20(27-16)14-23-12-17-7-9-18(10-8-17)13-26-21-6-2-4-19-5-3-11-24-22(19)21/h3,5,7-11,15,21,23,26H,2,4,6,12-14H2,1H3,(H,25,27). The van der Waals surface area contributed by atoms with Crippen molar-refractivity contribution in [2.45, 2.75) is 51.9 Å². The molecule has 2 aromatic heterocycles. The summed E-state index contributed by atoms with van der Waals surface area (Å²) in [5.74, 6) is 0.958. The molecule has 4 rings (SSSR count). The first kappa shape index (κ1) is 17.9. The highest BCUT2D eigenvalue weighted by molar-refractivity contribution is 5.26. The largest absolute Gasteiger partial charge is 0.345 e. The number of imidazole rings is 1. The van der Waals surface area contributed by atoms with E-state index in [0.717, 1.165) is 37.6 Å². The van der Waals surface area contributed by atoms with Crippen LogP contribution in [0.4, 0.5) is 0 Å². The molecule has 1 atom stereocenters. The van der Waals surface area contributed by atoms with Crippen LogP contribution in [0.15, 0.2) is 48.8 Å². The Balaban J connectivity index is 1.27. The third-order valence-corrected chi connectivity index (χ3v) is 5.17. The van der Waals surface area contributed by atoms with Crippen LogP contribution in [-0.4, -0.2) is 15.0 Å². The molecule has 140 valence electrons. The van der Waals surface area contributed by atoms with Gasteiger partial charge in [-0.3, -0.25) is 4.98 Å². The van der Waals surface area contributed by atoms with Gasteiger partial charge in [0.25, 0.3) is 0 Å². The van der Waals surface area contributed by atoms with Crippen molar-refractivity contribution < 1.29 is 0 Å². The zero-order valence-corrected chi connectivity index (χ0v) is 15.8. The van der Waals surface area contributed by atoms with Crippen LogP contribution >= 0.6 is 0 Å². The number of pyridine rings is 1. The average molecular weight is 361 g/mol. The van der Waals surface area contributed by atoms with E-state index in [4.69, 9.17) is 0 Å². The van der Waals surface area contributed by atoms with E-state index in [1.807, 2.05) is 25.4 Å². The number of fused-ring (bicyclic) bond motifs is 1. The molecule has 1 aliphatic carbocycles. The molecule has 0 saturated heterocycles. The second-order valence-corrected chi connectivity index (χ2v) is 7.29. The maximum atomic E-state index is 4.61. The molecular formula is C22H27N5. The van der Waals surface area contributed by atoms with Crippen molar-refractivity contribution in [1.29, 1.82) is 0 Å². The van der Waals surface area contributed by atoms with Gasteiger partial charge in [0.15, 0.2) is 0 Å². The summed E-state index contributed by atoms with van der Waals surface area (Å²) < 4.78 is 0. The molecule has 2 heterocycles. The number of benzene rings is 1. The van der Waals surface area contributed by atoms with Gasteiger partial charge in [0.2, 0.25) is 0 Å². The maximum Gasteiger partial charge on any atom is 0.103 e. The molecule has 3 N–H and O–H groups in total. The lowest BCUT2D eigenvalue weighted by molar-refractivity contribution is 0.447. The first-order chi connectivity index (χ1) is 13.3. The summed E-state index contributed by atoms with van der Waals surface area (Å²) in [5.41, 5.74) is 6.36. The summed E-state index contributed by atoms with van der Waals surface area (Å²) >= 11 is 0. The molecule has 3 aromatic rings. The van der Waals surface area contributed by atoms with Gasteiger partial charge in [0, 0.05) is 37.7 Å². The summed E-state index contributed by atoms with van der Waals surface area (Å²) in [5, 5.41) is 7.14. The van der Waals surface area contributed by atoms with Crippen LogP contribution < -0.4 is 10.6 Å². The van der Waals surface area contributed by atoms with E-state index in [2.05, 4.69) is 55.9 Å². The number of nitrogens with one attached hydrogen (secondary N) is 3. The van der Waals surface area contributed by atoms with Crippen LogP contribution in [0, 0.1) is 6.92 Å². The Labute approximate surface area is 160 Å². The van der Waals surface area contributed by atoms with Crippen LogP contribution in [0.3, 0.4) is 0 Å². The van der Waals surface area contributed by atoms with Crippen LogP contribution in [0.25, 0.3) is 0 Å². The van der Waals surface area contributed by atoms with E-state index in [0.29, 0.717) is 6.04 Å². The van der Waals surface area contributed by atoms with Crippen molar-refractivity contribution in [3.8, 4) is 0 Å².